The third-order valence-electron chi connectivity index (χ3n) is 1.19. The Labute approximate surface area is 80.1 Å². The first kappa shape index (κ1) is 14.7. The third kappa shape index (κ3) is 35.1. The van der Waals surface area contributed by atoms with E-state index < -0.39 is 5.97 Å². The molecule has 0 aliphatic rings. The molecular weight excluding hydrogens is 168 g/mol. The van der Waals surface area contributed by atoms with Gasteiger partial charge in [0.05, 0.1) is 0 Å². The van der Waals surface area contributed by atoms with Gasteiger partial charge in [-0.1, -0.05) is 31.9 Å². The zero-order valence-electron chi connectivity index (χ0n) is 8.49. The maximum atomic E-state index is 9.00. The molecule has 3 nitrogen and oxygen atoms in total. The Kier molecular flexibility index (Phi) is 15.5. The molecule has 13 heavy (non-hydrogen) atoms. The molecule has 78 valence electrons. The van der Waals surface area contributed by atoms with Gasteiger partial charge in [0.25, 0.3) is 5.97 Å². The largest absolute Gasteiger partial charge is 0.481 e. The smallest absolute Gasteiger partial charge is 0.300 e. The Bertz CT molecular complexity index is 126. The second-order valence-corrected chi connectivity index (χ2v) is 2.64. The summed E-state index contributed by atoms with van der Waals surface area (Å²) >= 11 is 0. The summed E-state index contributed by atoms with van der Waals surface area (Å²) in [7, 11) is 0. The van der Waals surface area contributed by atoms with Crippen LogP contribution in [0.1, 0.15) is 39.5 Å². The van der Waals surface area contributed by atoms with Crippen LogP contribution in [0, 0.1) is 0 Å². The Hall–Kier alpha value is -0.830. The molecule has 0 unspecified atom stereocenters. The minimum atomic E-state index is -0.833. The van der Waals surface area contributed by atoms with E-state index in [1.165, 1.54) is 12.8 Å². The van der Waals surface area contributed by atoms with Crippen LogP contribution in [0.4, 0.5) is 0 Å². The molecule has 0 aromatic rings. The number of hydrogen-bond acceptors (Lipinski definition) is 2. The molecule has 0 amide bonds. The topological polar surface area (TPSA) is 57.5 Å². The second-order valence-electron chi connectivity index (χ2n) is 2.64. The first-order valence-electron chi connectivity index (χ1n) is 4.60. The third-order valence-corrected chi connectivity index (χ3v) is 1.19. The van der Waals surface area contributed by atoms with E-state index in [0.29, 0.717) is 0 Å². The van der Waals surface area contributed by atoms with E-state index in [9.17, 15) is 0 Å². The van der Waals surface area contributed by atoms with Crippen molar-refractivity contribution in [1.29, 1.82) is 0 Å². The molecule has 0 aliphatic heterocycles. The van der Waals surface area contributed by atoms with Crippen LogP contribution in [0.2, 0.25) is 0 Å². The lowest BCUT2D eigenvalue weighted by Crippen LogP contribution is -1.78. The first-order chi connectivity index (χ1) is 6.15. The van der Waals surface area contributed by atoms with Crippen LogP contribution in [0.25, 0.3) is 0 Å². The van der Waals surface area contributed by atoms with Crippen molar-refractivity contribution < 1.29 is 15.0 Å². The Morgan fingerprint density at radius 1 is 1.31 bits per heavy atom. The van der Waals surface area contributed by atoms with Gasteiger partial charge in [0.15, 0.2) is 0 Å². The fraction of sp³-hybridized carbons (Fsp3) is 0.700. The molecule has 0 spiro atoms. The van der Waals surface area contributed by atoms with E-state index >= 15 is 0 Å². The standard InChI is InChI=1S/C8H16O.C2H4O2/c1-2-3-4-5-6-7-8-9;1-2(3)4/h5-6,9H,2-4,7-8H2,1H3;1H3,(H,3,4)/b6-5+;. The lowest BCUT2D eigenvalue weighted by Gasteiger charge is -1.87. The number of aliphatic hydroxyl groups is 1. The second kappa shape index (κ2) is 13.7. The number of allylic oxidation sites excluding steroid dienone is 1. The molecule has 0 atom stereocenters. The molecule has 3 heteroatoms. The molecule has 0 bridgehead atoms. The van der Waals surface area contributed by atoms with Crippen LogP contribution in [0.5, 0.6) is 0 Å². The molecule has 0 saturated carbocycles. The van der Waals surface area contributed by atoms with Gasteiger partial charge in [0, 0.05) is 13.5 Å². The minimum Gasteiger partial charge on any atom is -0.481 e. The van der Waals surface area contributed by atoms with Crippen LogP contribution >= 0.6 is 0 Å². The van der Waals surface area contributed by atoms with Crippen molar-refractivity contribution in [2.45, 2.75) is 39.5 Å². The molecule has 0 aromatic heterocycles. The van der Waals surface area contributed by atoms with Gasteiger partial charge < -0.3 is 10.2 Å². The SMILES string of the molecule is CC(=O)O.CCCC/C=C/CCO. The van der Waals surface area contributed by atoms with Crippen molar-refractivity contribution >= 4 is 5.97 Å². The van der Waals surface area contributed by atoms with Gasteiger partial charge in [-0.15, -0.1) is 0 Å². The average Bonchev–Trinajstić information content (AvgIpc) is 2.03. The molecule has 0 heterocycles. The number of carboxylic acid groups (broad SMARTS) is 1. The molecule has 0 radical (unpaired) electrons. The van der Waals surface area contributed by atoms with Gasteiger partial charge in [-0.25, -0.2) is 0 Å². The van der Waals surface area contributed by atoms with Crippen LogP contribution in [-0.2, 0) is 4.79 Å². The number of carboxylic acids is 1. The summed E-state index contributed by atoms with van der Waals surface area (Å²) in [6.07, 6.45) is 8.67. The van der Waals surface area contributed by atoms with Gasteiger partial charge in [-0.05, 0) is 12.8 Å². The van der Waals surface area contributed by atoms with E-state index in [2.05, 4.69) is 13.0 Å². The van der Waals surface area contributed by atoms with E-state index in [1.54, 1.807) is 0 Å². The summed E-state index contributed by atoms with van der Waals surface area (Å²) in [6.45, 7) is 3.54. The van der Waals surface area contributed by atoms with E-state index in [1.807, 2.05) is 6.08 Å². The maximum Gasteiger partial charge on any atom is 0.300 e. The minimum absolute atomic E-state index is 0.280. The number of rotatable bonds is 5. The quantitative estimate of drug-likeness (QED) is 0.513. The predicted octanol–water partition coefficient (Wildman–Crippen LogP) is 2.21. The van der Waals surface area contributed by atoms with Crippen LogP contribution in [0.15, 0.2) is 12.2 Å². The monoisotopic (exact) mass is 188 g/mol. The summed E-state index contributed by atoms with van der Waals surface area (Å²) < 4.78 is 0. The molecular formula is C10H20O3. The molecule has 0 fully saturated rings. The lowest BCUT2D eigenvalue weighted by molar-refractivity contribution is -0.134. The summed E-state index contributed by atoms with van der Waals surface area (Å²) in [4.78, 5) is 9.00. The fourth-order valence-electron chi connectivity index (χ4n) is 0.632. The summed E-state index contributed by atoms with van der Waals surface area (Å²) in [6, 6.07) is 0. The number of hydrogen-bond donors (Lipinski definition) is 2. The van der Waals surface area contributed by atoms with Gasteiger partial charge >= 0.3 is 0 Å². The van der Waals surface area contributed by atoms with Crippen LogP contribution in [0.3, 0.4) is 0 Å². The van der Waals surface area contributed by atoms with Crippen molar-refractivity contribution in [2.24, 2.45) is 0 Å². The van der Waals surface area contributed by atoms with Crippen molar-refractivity contribution in [3.8, 4) is 0 Å². The molecule has 0 rings (SSSR count). The summed E-state index contributed by atoms with van der Waals surface area (Å²) in [5, 5.41) is 15.8. The lowest BCUT2D eigenvalue weighted by atomic mass is 10.2. The Balaban J connectivity index is 0. The highest BCUT2D eigenvalue weighted by Crippen LogP contribution is 1.95. The first-order valence-corrected chi connectivity index (χ1v) is 4.60. The van der Waals surface area contributed by atoms with E-state index in [4.69, 9.17) is 15.0 Å². The zero-order chi connectivity index (χ0) is 10.5. The van der Waals surface area contributed by atoms with Gasteiger partial charge in [-0.2, -0.15) is 0 Å². The van der Waals surface area contributed by atoms with Crippen molar-refractivity contribution in [1.82, 2.24) is 0 Å². The molecule has 0 aromatic carbocycles. The highest BCUT2D eigenvalue weighted by molar-refractivity contribution is 5.62. The highest BCUT2D eigenvalue weighted by Gasteiger charge is 1.76. The van der Waals surface area contributed by atoms with E-state index in [-0.39, 0.29) is 6.61 Å². The normalized spacial score (nSPS) is 9.46. The Morgan fingerprint density at radius 3 is 2.15 bits per heavy atom. The van der Waals surface area contributed by atoms with Crippen LogP contribution < -0.4 is 0 Å². The zero-order valence-corrected chi connectivity index (χ0v) is 8.49. The van der Waals surface area contributed by atoms with Gasteiger partial charge in [0.2, 0.25) is 0 Å². The van der Waals surface area contributed by atoms with Crippen LogP contribution in [-0.4, -0.2) is 22.8 Å². The summed E-state index contributed by atoms with van der Waals surface area (Å²) in [5.74, 6) is -0.833. The molecule has 0 aliphatic carbocycles. The number of aliphatic carboxylic acids is 1. The average molecular weight is 188 g/mol. The van der Waals surface area contributed by atoms with E-state index in [0.717, 1.165) is 19.8 Å². The number of unbranched alkanes of at least 4 members (excludes halogenated alkanes) is 2. The number of carbonyl (C=O) groups is 1. The van der Waals surface area contributed by atoms with Crippen molar-refractivity contribution in [3.05, 3.63) is 12.2 Å². The van der Waals surface area contributed by atoms with Crippen molar-refractivity contribution in [2.75, 3.05) is 6.61 Å². The van der Waals surface area contributed by atoms with Crippen molar-refractivity contribution in [3.63, 3.8) is 0 Å². The maximum absolute atomic E-state index is 9.00. The van der Waals surface area contributed by atoms with Gasteiger partial charge in [-0.3, -0.25) is 4.79 Å². The fourth-order valence-corrected chi connectivity index (χ4v) is 0.632. The predicted molar refractivity (Wildman–Crippen MR) is 53.7 cm³/mol. The number of aliphatic hydroxyl groups excluding tert-OH is 1. The Morgan fingerprint density at radius 2 is 1.77 bits per heavy atom. The van der Waals surface area contributed by atoms with Gasteiger partial charge in [0.1, 0.15) is 0 Å². The highest BCUT2D eigenvalue weighted by atomic mass is 16.4. The summed E-state index contributed by atoms with van der Waals surface area (Å²) in [5.41, 5.74) is 0. The molecule has 2 N–H and O–H groups in total. The molecule has 0 saturated heterocycles.